The number of nitrogens with zero attached hydrogens (tertiary/aromatic N) is 4. The van der Waals surface area contributed by atoms with E-state index in [1.807, 2.05) is 20.4 Å². The minimum Gasteiger partial charge on any atom is -0.395 e. The van der Waals surface area contributed by atoms with E-state index in [2.05, 4.69) is 10.1 Å². The van der Waals surface area contributed by atoms with Gasteiger partial charge in [0.05, 0.1) is 6.54 Å². The van der Waals surface area contributed by atoms with Crippen LogP contribution in [0.2, 0.25) is 12.6 Å². The smallest absolute Gasteiger partial charge is 0.395 e. The highest BCUT2D eigenvalue weighted by Gasteiger charge is 2.30. The van der Waals surface area contributed by atoms with Crippen LogP contribution in [-0.4, -0.2) is 39.4 Å². The Morgan fingerprint density at radius 1 is 1.44 bits per heavy atom. The van der Waals surface area contributed by atoms with E-state index in [-0.39, 0.29) is 6.54 Å². The molecule has 0 aliphatic rings. The summed E-state index contributed by atoms with van der Waals surface area (Å²) in [6.07, 6.45) is 0.616. The van der Waals surface area contributed by atoms with Crippen molar-refractivity contribution in [3.63, 3.8) is 0 Å². The number of nitrogens with two attached hydrogens (primary N) is 1. The minimum absolute atomic E-state index is 0.266. The van der Waals surface area contributed by atoms with Gasteiger partial charge in [-0.2, -0.15) is 9.92 Å². The summed E-state index contributed by atoms with van der Waals surface area (Å²) in [5.74, 6) is 0. The monoisotopic (exact) mass is 275 g/mol. The number of azide groups is 1. The van der Waals surface area contributed by atoms with Crippen molar-refractivity contribution in [2.75, 3.05) is 19.8 Å². The molecule has 0 aliphatic heterocycles. The number of carbonyl (C=O) groups excluding carboxylic acids is 1. The van der Waals surface area contributed by atoms with Gasteiger partial charge in [-0.1, -0.05) is 0 Å². The molecule has 0 saturated carbocycles. The molecule has 2 amide bonds. The molecule has 0 aromatic rings. The second-order valence-electron chi connectivity index (χ2n) is 3.74. The molecule has 18 heavy (non-hydrogen) atoms. The number of primary amides is 1. The molecule has 104 valence electrons. The third-order valence-corrected chi connectivity index (χ3v) is 5.36. The maximum Gasteiger partial charge on any atom is 0.409 e. The fourth-order valence-corrected chi connectivity index (χ4v) is 3.99. The number of carbonyl (C=O) groups is 1. The van der Waals surface area contributed by atoms with E-state index in [1.165, 1.54) is 0 Å². The summed E-state index contributed by atoms with van der Waals surface area (Å²) in [6, 6.07) is -0.0524. The molecule has 0 bridgehead atoms. The van der Waals surface area contributed by atoms with E-state index < -0.39 is 14.6 Å². The first-order chi connectivity index (χ1) is 8.49. The number of hydrogen-bond donors (Lipinski definition) is 1. The van der Waals surface area contributed by atoms with Crippen LogP contribution in [0, 0.1) is 0 Å². The van der Waals surface area contributed by atoms with Gasteiger partial charge in [0, 0.05) is 13.2 Å². The molecule has 8 nitrogen and oxygen atoms in total. The van der Waals surface area contributed by atoms with Gasteiger partial charge in [-0.25, -0.2) is 4.79 Å². The van der Waals surface area contributed by atoms with Crippen LogP contribution in [0.5, 0.6) is 0 Å². The van der Waals surface area contributed by atoms with Crippen molar-refractivity contribution in [1.29, 1.82) is 0 Å². The molecule has 0 aliphatic carbocycles. The van der Waals surface area contributed by atoms with Gasteiger partial charge in [0.1, 0.15) is 0 Å². The summed E-state index contributed by atoms with van der Waals surface area (Å²) in [6.45, 7) is 7.27. The normalized spacial score (nSPS) is 10.8. The lowest BCUT2D eigenvalue weighted by Gasteiger charge is -2.25. The average Bonchev–Trinajstić information content (AvgIpc) is 2.28. The minimum atomic E-state index is -2.19. The predicted molar refractivity (Wildman–Crippen MR) is 69.7 cm³/mol. The molecule has 2 N–H and O–H groups in total. The van der Waals surface area contributed by atoms with Gasteiger partial charge in [0.2, 0.25) is 0 Å². The van der Waals surface area contributed by atoms with Gasteiger partial charge in [-0.15, -0.1) is 5.53 Å². The van der Waals surface area contributed by atoms with Crippen molar-refractivity contribution in [3.8, 4) is 0 Å². The second kappa shape index (κ2) is 8.76. The quantitative estimate of drug-likeness (QED) is 0.228. The van der Waals surface area contributed by atoms with Gasteiger partial charge >= 0.3 is 14.6 Å². The number of rotatable bonds is 9. The number of amides is 2. The van der Waals surface area contributed by atoms with E-state index in [9.17, 15) is 4.79 Å². The molecular weight excluding hydrogens is 254 g/mol. The van der Waals surface area contributed by atoms with Gasteiger partial charge in [0.15, 0.2) is 0 Å². The van der Waals surface area contributed by atoms with Crippen molar-refractivity contribution >= 4 is 14.6 Å². The topological polar surface area (TPSA) is 114 Å². The zero-order chi connectivity index (χ0) is 14.0. The number of urea groups is 1. The summed E-state index contributed by atoms with van der Waals surface area (Å²) >= 11 is 0. The first-order valence-electron chi connectivity index (χ1n) is 5.89. The Balaban J connectivity index is 4.26. The van der Waals surface area contributed by atoms with Crippen molar-refractivity contribution in [2.45, 2.75) is 32.9 Å². The van der Waals surface area contributed by atoms with E-state index in [4.69, 9.17) is 20.1 Å². The predicted octanol–water partition coefficient (Wildman–Crippen LogP) is 2.13. The molecule has 0 aromatic heterocycles. The van der Waals surface area contributed by atoms with Crippen LogP contribution in [0.25, 0.3) is 10.4 Å². The summed E-state index contributed by atoms with van der Waals surface area (Å²) in [5.41, 5.74) is 13.3. The van der Waals surface area contributed by atoms with E-state index >= 15 is 0 Å². The van der Waals surface area contributed by atoms with Crippen LogP contribution >= 0.6 is 0 Å². The van der Waals surface area contributed by atoms with E-state index in [0.717, 1.165) is 5.01 Å². The van der Waals surface area contributed by atoms with Crippen LogP contribution in [0.3, 0.4) is 0 Å². The molecule has 0 heterocycles. The van der Waals surface area contributed by atoms with Crippen LogP contribution < -0.4 is 5.73 Å². The molecule has 0 rings (SSSR count). The van der Waals surface area contributed by atoms with Gasteiger partial charge in [0.25, 0.3) is 0 Å². The Labute approximate surface area is 108 Å². The molecule has 0 saturated heterocycles. The van der Waals surface area contributed by atoms with E-state index in [0.29, 0.717) is 25.7 Å². The lowest BCUT2D eigenvalue weighted by atomic mass is 10.5. The molecule has 0 spiro atoms. The van der Waals surface area contributed by atoms with Crippen molar-refractivity contribution < 1.29 is 13.6 Å². The molecule has 0 unspecified atom stereocenters. The molecule has 0 atom stereocenters. The first kappa shape index (κ1) is 16.7. The fraction of sp³-hybridized carbons (Fsp3) is 0.889. The fourth-order valence-electron chi connectivity index (χ4n) is 1.59. The summed E-state index contributed by atoms with van der Waals surface area (Å²) < 4.78 is 11.3. The first-order valence-corrected chi connectivity index (χ1v) is 8.41. The van der Waals surface area contributed by atoms with Crippen molar-refractivity contribution in [3.05, 3.63) is 10.4 Å². The third kappa shape index (κ3) is 6.45. The van der Waals surface area contributed by atoms with Crippen LogP contribution in [-0.2, 0) is 8.85 Å². The van der Waals surface area contributed by atoms with Gasteiger partial charge < -0.3 is 14.6 Å². The Kier molecular flexibility index (Phi) is 8.13. The summed E-state index contributed by atoms with van der Waals surface area (Å²) in [4.78, 5) is 13.5. The maximum absolute atomic E-state index is 10.9. The molecule has 0 radical (unpaired) electrons. The second-order valence-corrected chi connectivity index (χ2v) is 7.09. The average molecular weight is 275 g/mol. The molecular formula is C9H21N5O3Si. The Bertz CT molecular complexity index is 301. The standard InChI is InChI=1S/C9H21N5O3Si/c1-4-16-18(3,17-5-2)8-6-7-14(9(10)15)13-12-11/h4-8H2,1-3H3,(H2,10,15). The van der Waals surface area contributed by atoms with Crippen molar-refractivity contribution in [1.82, 2.24) is 5.01 Å². The Hall–Kier alpha value is -1.28. The largest absolute Gasteiger partial charge is 0.409 e. The van der Waals surface area contributed by atoms with Crippen LogP contribution in [0.15, 0.2) is 5.22 Å². The number of hydrogen-bond acceptors (Lipinski definition) is 4. The highest BCUT2D eigenvalue weighted by atomic mass is 28.4. The van der Waals surface area contributed by atoms with Gasteiger partial charge in [-0.3, -0.25) is 0 Å². The van der Waals surface area contributed by atoms with Crippen LogP contribution in [0.1, 0.15) is 20.3 Å². The van der Waals surface area contributed by atoms with Crippen molar-refractivity contribution in [2.24, 2.45) is 11.0 Å². The Morgan fingerprint density at radius 2 is 2.00 bits per heavy atom. The van der Waals surface area contributed by atoms with Crippen LogP contribution in [0.4, 0.5) is 4.79 Å². The summed E-state index contributed by atoms with van der Waals surface area (Å²) in [5, 5.41) is 4.10. The molecule has 0 aromatic carbocycles. The van der Waals surface area contributed by atoms with Gasteiger partial charge in [-0.05, 0) is 38.1 Å². The zero-order valence-electron chi connectivity index (χ0n) is 11.1. The molecule has 0 fully saturated rings. The highest BCUT2D eigenvalue weighted by Crippen LogP contribution is 2.16. The third-order valence-electron chi connectivity index (χ3n) is 2.30. The van der Waals surface area contributed by atoms with E-state index in [1.54, 1.807) is 0 Å². The Morgan fingerprint density at radius 3 is 2.39 bits per heavy atom. The molecule has 9 heteroatoms. The summed E-state index contributed by atoms with van der Waals surface area (Å²) in [7, 11) is -2.19. The lowest BCUT2D eigenvalue weighted by Crippen LogP contribution is -2.40. The SMILES string of the molecule is CCO[Si](C)(CCCN(N=[N+]=[N-])C(N)=O)OCC. The maximum atomic E-state index is 10.9. The lowest BCUT2D eigenvalue weighted by molar-refractivity contribution is 0.184. The highest BCUT2D eigenvalue weighted by molar-refractivity contribution is 6.66. The zero-order valence-corrected chi connectivity index (χ0v) is 12.1.